The van der Waals surface area contributed by atoms with Crippen LogP contribution in [0.1, 0.15) is 28.4 Å². The molecule has 2 rings (SSSR count). The number of rotatable bonds is 6. The van der Waals surface area contributed by atoms with Gasteiger partial charge in [0.1, 0.15) is 0 Å². The zero-order valence-electron chi connectivity index (χ0n) is 12.5. The number of carbonyl (C=O) groups excluding carboxylic acids is 1. The molecule has 3 nitrogen and oxygen atoms in total. The Labute approximate surface area is 126 Å². The number of carbonyl (C=O) groups is 1. The van der Waals surface area contributed by atoms with Gasteiger partial charge in [0.05, 0.1) is 0 Å². The van der Waals surface area contributed by atoms with E-state index in [1.54, 1.807) is 0 Å². The molecule has 0 atom stereocenters. The Morgan fingerprint density at radius 2 is 1.67 bits per heavy atom. The topological polar surface area (TPSA) is 46.3 Å². The first-order valence-electron chi connectivity index (χ1n) is 7.36. The van der Waals surface area contributed by atoms with Crippen LogP contribution < -0.4 is 5.73 Å². The number of hydrogen-bond acceptors (Lipinski definition) is 2. The molecule has 0 aliphatic heterocycles. The Bertz CT molecular complexity index is 564. The normalized spacial score (nSPS) is 10.4. The molecule has 21 heavy (non-hydrogen) atoms. The summed E-state index contributed by atoms with van der Waals surface area (Å²) in [7, 11) is 0. The van der Waals surface area contributed by atoms with Crippen molar-refractivity contribution in [1.82, 2.24) is 4.90 Å². The van der Waals surface area contributed by atoms with Crippen LogP contribution in [0.5, 0.6) is 0 Å². The molecule has 2 aromatic rings. The highest BCUT2D eigenvalue weighted by Gasteiger charge is 2.14. The van der Waals surface area contributed by atoms with E-state index in [4.69, 9.17) is 5.73 Å². The van der Waals surface area contributed by atoms with Crippen molar-refractivity contribution in [3.8, 4) is 0 Å². The fourth-order valence-corrected chi connectivity index (χ4v) is 2.29. The van der Waals surface area contributed by atoms with Crippen molar-refractivity contribution < 1.29 is 4.79 Å². The molecule has 110 valence electrons. The maximum atomic E-state index is 12.6. The lowest BCUT2D eigenvalue weighted by molar-refractivity contribution is 0.0752. The van der Waals surface area contributed by atoms with Gasteiger partial charge in [0.15, 0.2) is 0 Å². The molecule has 0 bridgehead atoms. The molecule has 0 aromatic heterocycles. The van der Waals surface area contributed by atoms with E-state index in [1.807, 2.05) is 66.4 Å². The quantitative estimate of drug-likeness (QED) is 0.885. The number of benzene rings is 2. The molecule has 0 unspecified atom stereocenters. The number of amides is 1. The lowest BCUT2D eigenvalue weighted by Crippen LogP contribution is -2.30. The molecule has 2 aromatic carbocycles. The van der Waals surface area contributed by atoms with Crippen LogP contribution in [0.25, 0.3) is 0 Å². The molecule has 2 N–H and O–H groups in total. The lowest BCUT2D eigenvalue weighted by Gasteiger charge is -2.21. The SMILES string of the molecule is CCN(Cc1ccccc1)C(=O)c1ccc(CCN)cc1. The molecule has 0 aliphatic rings. The Morgan fingerprint density at radius 3 is 2.24 bits per heavy atom. The fraction of sp³-hybridized carbons (Fsp3) is 0.278. The molecule has 0 saturated heterocycles. The number of nitrogens with zero attached hydrogens (tertiary/aromatic N) is 1. The van der Waals surface area contributed by atoms with Gasteiger partial charge in [-0.25, -0.2) is 0 Å². The average Bonchev–Trinajstić information content (AvgIpc) is 2.54. The second-order valence-electron chi connectivity index (χ2n) is 5.04. The second-order valence-corrected chi connectivity index (χ2v) is 5.04. The zero-order valence-corrected chi connectivity index (χ0v) is 12.5. The molecule has 0 aliphatic carbocycles. The fourth-order valence-electron chi connectivity index (χ4n) is 2.29. The molecular formula is C18H22N2O. The smallest absolute Gasteiger partial charge is 0.254 e. The highest BCUT2D eigenvalue weighted by Crippen LogP contribution is 2.11. The molecule has 0 spiro atoms. The maximum Gasteiger partial charge on any atom is 0.254 e. The second kappa shape index (κ2) is 7.60. The summed E-state index contributed by atoms with van der Waals surface area (Å²) in [6, 6.07) is 17.8. The number of nitrogens with two attached hydrogens (primary N) is 1. The highest BCUT2D eigenvalue weighted by atomic mass is 16.2. The van der Waals surface area contributed by atoms with Gasteiger partial charge < -0.3 is 10.6 Å². The summed E-state index contributed by atoms with van der Waals surface area (Å²) in [5.74, 6) is 0.0700. The summed E-state index contributed by atoms with van der Waals surface area (Å²) < 4.78 is 0. The summed E-state index contributed by atoms with van der Waals surface area (Å²) >= 11 is 0. The van der Waals surface area contributed by atoms with Gasteiger partial charge in [0, 0.05) is 18.7 Å². The Morgan fingerprint density at radius 1 is 1.00 bits per heavy atom. The van der Waals surface area contributed by atoms with Crippen LogP contribution >= 0.6 is 0 Å². The van der Waals surface area contributed by atoms with E-state index in [9.17, 15) is 4.79 Å². The largest absolute Gasteiger partial charge is 0.335 e. The van der Waals surface area contributed by atoms with E-state index in [2.05, 4.69) is 0 Å². The Balaban J connectivity index is 2.08. The minimum atomic E-state index is 0.0700. The summed E-state index contributed by atoms with van der Waals surface area (Å²) in [5, 5.41) is 0. The van der Waals surface area contributed by atoms with Gasteiger partial charge in [-0.1, -0.05) is 42.5 Å². The first kappa shape index (κ1) is 15.3. The van der Waals surface area contributed by atoms with Crippen LogP contribution in [0, 0.1) is 0 Å². The van der Waals surface area contributed by atoms with Crippen LogP contribution in [0.15, 0.2) is 54.6 Å². The summed E-state index contributed by atoms with van der Waals surface area (Å²) in [6.07, 6.45) is 0.843. The van der Waals surface area contributed by atoms with Crippen molar-refractivity contribution in [3.63, 3.8) is 0 Å². The Hall–Kier alpha value is -2.13. The number of hydrogen-bond donors (Lipinski definition) is 1. The summed E-state index contributed by atoms with van der Waals surface area (Å²) in [6.45, 7) is 3.96. The van der Waals surface area contributed by atoms with Gasteiger partial charge in [0.2, 0.25) is 0 Å². The minimum Gasteiger partial charge on any atom is -0.335 e. The molecular weight excluding hydrogens is 260 g/mol. The van der Waals surface area contributed by atoms with Crippen LogP contribution in [0.3, 0.4) is 0 Å². The van der Waals surface area contributed by atoms with E-state index in [-0.39, 0.29) is 5.91 Å². The third-order valence-electron chi connectivity index (χ3n) is 3.52. The van der Waals surface area contributed by atoms with E-state index < -0.39 is 0 Å². The van der Waals surface area contributed by atoms with Gasteiger partial charge in [-0.3, -0.25) is 4.79 Å². The standard InChI is InChI=1S/C18H22N2O/c1-2-20(14-16-6-4-3-5-7-16)18(21)17-10-8-15(9-11-17)12-13-19/h3-11H,2,12-14,19H2,1H3. The van der Waals surface area contributed by atoms with Crippen LogP contribution in [0.4, 0.5) is 0 Å². The van der Waals surface area contributed by atoms with Gasteiger partial charge >= 0.3 is 0 Å². The van der Waals surface area contributed by atoms with Crippen molar-refractivity contribution >= 4 is 5.91 Å². The van der Waals surface area contributed by atoms with E-state index in [1.165, 1.54) is 5.56 Å². The van der Waals surface area contributed by atoms with Gasteiger partial charge in [-0.15, -0.1) is 0 Å². The third kappa shape index (κ3) is 4.17. The highest BCUT2D eigenvalue weighted by molar-refractivity contribution is 5.94. The Kier molecular flexibility index (Phi) is 5.52. The molecule has 0 radical (unpaired) electrons. The van der Waals surface area contributed by atoms with Crippen molar-refractivity contribution in [2.75, 3.05) is 13.1 Å². The molecule has 0 saturated carbocycles. The van der Waals surface area contributed by atoms with Gasteiger partial charge in [-0.05, 0) is 43.1 Å². The summed E-state index contributed by atoms with van der Waals surface area (Å²) in [5.41, 5.74) is 8.58. The maximum absolute atomic E-state index is 12.6. The van der Waals surface area contributed by atoms with Crippen molar-refractivity contribution in [2.24, 2.45) is 5.73 Å². The average molecular weight is 282 g/mol. The van der Waals surface area contributed by atoms with E-state index in [0.29, 0.717) is 19.6 Å². The van der Waals surface area contributed by atoms with Crippen molar-refractivity contribution in [1.29, 1.82) is 0 Å². The molecule has 0 fully saturated rings. The molecule has 3 heteroatoms. The van der Waals surface area contributed by atoms with Crippen LogP contribution in [-0.2, 0) is 13.0 Å². The van der Waals surface area contributed by atoms with Crippen molar-refractivity contribution in [2.45, 2.75) is 19.9 Å². The first-order chi connectivity index (χ1) is 10.2. The predicted molar refractivity (Wildman–Crippen MR) is 86.1 cm³/mol. The van der Waals surface area contributed by atoms with Crippen LogP contribution in [-0.4, -0.2) is 23.9 Å². The van der Waals surface area contributed by atoms with Crippen LogP contribution in [0.2, 0.25) is 0 Å². The predicted octanol–water partition coefficient (Wildman–Crippen LogP) is 2.85. The molecule has 1 amide bonds. The monoisotopic (exact) mass is 282 g/mol. The zero-order chi connectivity index (χ0) is 15.1. The van der Waals surface area contributed by atoms with Gasteiger partial charge in [-0.2, -0.15) is 0 Å². The lowest BCUT2D eigenvalue weighted by atomic mass is 10.1. The van der Waals surface area contributed by atoms with E-state index >= 15 is 0 Å². The first-order valence-corrected chi connectivity index (χ1v) is 7.36. The minimum absolute atomic E-state index is 0.0700. The molecule has 0 heterocycles. The van der Waals surface area contributed by atoms with Gasteiger partial charge in [0.25, 0.3) is 5.91 Å². The third-order valence-corrected chi connectivity index (χ3v) is 3.52. The van der Waals surface area contributed by atoms with Crippen molar-refractivity contribution in [3.05, 3.63) is 71.3 Å². The summed E-state index contributed by atoms with van der Waals surface area (Å²) in [4.78, 5) is 14.4. The van der Waals surface area contributed by atoms with E-state index in [0.717, 1.165) is 17.5 Å².